The highest BCUT2D eigenvalue weighted by molar-refractivity contribution is 7.07. The van der Waals surface area contributed by atoms with E-state index in [1.54, 1.807) is 11.3 Å². The summed E-state index contributed by atoms with van der Waals surface area (Å²) in [6, 6.07) is 1.60. The largest absolute Gasteiger partial charge is 0.480 e. The molecule has 110 valence electrons. The molecule has 1 heterocycles. The van der Waals surface area contributed by atoms with Crippen LogP contribution < -0.4 is 10.6 Å². The van der Waals surface area contributed by atoms with Gasteiger partial charge in [-0.1, -0.05) is 12.8 Å². The number of aliphatic carboxylic acids is 1. The van der Waals surface area contributed by atoms with E-state index in [0.29, 0.717) is 12.8 Å². The third kappa shape index (κ3) is 3.50. The van der Waals surface area contributed by atoms with Crippen molar-refractivity contribution in [2.45, 2.75) is 50.6 Å². The van der Waals surface area contributed by atoms with Gasteiger partial charge >= 0.3 is 12.0 Å². The van der Waals surface area contributed by atoms with Crippen LogP contribution in [0.4, 0.5) is 4.79 Å². The lowest BCUT2D eigenvalue weighted by Gasteiger charge is -2.26. The SMILES string of the molecule is CC(Cc1ccsc1)NC(=O)NC1(C(=O)O)CCCC1. The first-order valence-corrected chi connectivity index (χ1v) is 7.79. The number of carbonyl (C=O) groups is 2. The zero-order valence-electron chi connectivity index (χ0n) is 11.5. The van der Waals surface area contributed by atoms with Gasteiger partial charge in [-0.2, -0.15) is 11.3 Å². The summed E-state index contributed by atoms with van der Waals surface area (Å²) in [5.41, 5.74) is 0.100. The Morgan fingerprint density at radius 1 is 1.45 bits per heavy atom. The van der Waals surface area contributed by atoms with E-state index in [4.69, 9.17) is 0 Å². The Morgan fingerprint density at radius 3 is 2.70 bits per heavy atom. The smallest absolute Gasteiger partial charge is 0.329 e. The zero-order chi connectivity index (χ0) is 14.6. The first kappa shape index (κ1) is 14.8. The topological polar surface area (TPSA) is 78.4 Å². The van der Waals surface area contributed by atoms with Gasteiger partial charge in [0, 0.05) is 6.04 Å². The molecular weight excluding hydrogens is 276 g/mol. The molecule has 0 saturated heterocycles. The monoisotopic (exact) mass is 296 g/mol. The normalized spacial score (nSPS) is 18.4. The maximum Gasteiger partial charge on any atom is 0.329 e. The molecule has 1 fully saturated rings. The second kappa shape index (κ2) is 6.26. The number of thiophene rings is 1. The molecule has 2 rings (SSSR count). The van der Waals surface area contributed by atoms with E-state index < -0.39 is 17.5 Å². The Hall–Kier alpha value is -1.56. The van der Waals surface area contributed by atoms with Crippen molar-refractivity contribution in [3.8, 4) is 0 Å². The molecule has 2 amide bonds. The number of nitrogens with one attached hydrogen (secondary N) is 2. The van der Waals surface area contributed by atoms with E-state index in [0.717, 1.165) is 19.3 Å². The molecule has 1 unspecified atom stereocenters. The summed E-state index contributed by atoms with van der Waals surface area (Å²) in [4.78, 5) is 23.3. The quantitative estimate of drug-likeness (QED) is 0.780. The standard InChI is InChI=1S/C14H20N2O3S/c1-10(8-11-4-7-20-9-11)15-13(19)16-14(12(17)18)5-2-3-6-14/h4,7,9-10H,2-3,5-6,8H2,1H3,(H,17,18)(H2,15,16,19). The summed E-state index contributed by atoms with van der Waals surface area (Å²) in [7, 11) is 0. The first-order chi connectivity index (χ1) is 9.52. The number of carboxylic acids is 1. The van der Waals surface area contributed by atoms with E-state index in [-0.39, 0.29) is 6.04 Å². The molecule has 0 aromatic carbocycles. The third-order valence-electron chi connectivity index (χ3n) is 3.72. The van der Waals surface area contributed by atoms with Gasteiger partial charge in [-0.3, -0.25) is 0 Å². The fourth-order valence-corrected chi connectivity index (χ4v) is 3.34. The van der Waals surface area contributed by atoms with Crippen molar-refractivity contribution >= 4 is 23.3 Å². The van der Waals surface area contributed by atoms with Crippen molar-refractivity contribution in [3.63, 3.8) is 0 Å². The Morgan fingerprint density at radius 2 is 2.15 bits per heavy atom. The molecule has 1 aromatic rings. The van der Waals surface area contributed by atoms with Crippen molar-refractivity contribution in [1.29, 1.82) is 0 Å². The van der Waals surface area contributed by atoms with Gasteiger partial charge in [0.15, 0.2) is 0 Å². The van der Waals surface area contributed by atoms with Gasteiger partial charge in [0.2, 0.25) is 0 Å². The van der Waals surface area contributed by atoms with E-state index in [1.165, 1.54) is 5.56 Å². The second-order valence-corrected chi connectivity index (χ2v) is 6.21. The average molecular weight is 296 g/mol. The maximum absolute atomic E-state index is 12.0. The van der Waals surface area contributed by atoms with Gasteiger partial charge in [-0.05, 0) is 48.6 Å². The first-order valence-electron chi connectivity index (χ1n) is 6.85. The van der Waals surface area contributed by atoms with Crippen LogP contribution >= 0.6 is 11.3 Å². The molecule has 1 aliphatic carbocycles. The van der Waals surface area contributed by atoms with E-state index >= 15 is 0 Å². The van der Waals surface area contributed by atoms with Crippen LogP contribution in [0.3, 0.4) is 0 Å². The predicted octanol–water partition coefficient (Wildman–Crippen LogP) is 2.38. The highest BCUT2D eigenvalue weighted by Crippen LogP contribution is 2.29. The molecule has 1 aliphatic rings. The lowest BCUT2D eigenvalue weighted by Crippen LogP contribution is -2.56. The van der Waals surface area contributed by atoms with Crippen molar-refractivity contribution in [2.24, 2.45) is 0 Å². The highest BCUT2D eigenvalue weighted by Gasteiger charge is 2.42. The lowest BCUT2D eigenvalue weighted by atomic mass is 9.98. The van der Waals surface area contributed by atoms with Crippen molar-refractivity contribution in [2.75, 3.05) is 0 Å². The summed E-state index contributed by atoms with van der Waals surface area (Å²) in [5.74, 6) is -0.935. The van der Waals surface area contributed by atoms with Gasteiger partial charge in [0.25, 0.3) is 0 Å². The molecule has 0 bridgehead atoms. The summed E-state index contributed by atoms with van der Waals surface area (Å²) in [5, 5.41) is 18.8. The summed E-state index contributed by atoms with van der Waals surface area (Å²) < 4.78 is 0. The van der Waals surface area contributed by atoms with Gasteiger partial charge < -0.3 is 15.7 Å². The summed E-state index contributed by atoms with van der Waals surface area (Å²) in [6.07, 6.45) is 3.45. The number of urea groups is 1. The fraction of sp³-hybridized carbons (Fsp3) is 0.571. The van der Waals surface area contributed by atoms with Gasteiger partial charge in [0.05, 0.1) is 0 Å². The van der Waals surface area contributed by atoms with Gasteiger partial charge in [0.1, 0.15) is 5.54 Å². The van der Waals surface area contributed by atoms with E-state index in [9.17, 15) is 14.7 Å². The number of carbonyl (C=O) groups excluding carboxylic acids is 1. The number of hydrogen-bond acceptors (Lipinski definition) is 3. The number of amides is 2. The molecule has 0 aliphatic heterocycles. The minimum atomic E-state index is -1.08. The molecule has 1 aromatic heterocycles. The predicted molar refractivity (Wildman–Crippen MR) is 78.0 cm³/mol. The van der Waals surface area contributed by atoms with Crippen LogP contribution in [0, 0.1) is 0 Å². The molecule has 3 N–H and O–H groups in total. The third-order valence-corrected chi connectivity index (χ3v) is 4.45. The lowest BCUT2D eigenvalue weighted by molar-refractivity contribution is -0.144. The fourth-order valence-electron chi connectivity index (χ4n) is 2.66. The minimum absolute atomic E-state index is 0.0307. The van der Waals surface area contributed by atoms with Crippen molar-refractivity contribution in [3.05, 3.63) is 22.4 Å². The van der Waals surface area contributed by atoms with Crippen LogP contribution in [0.2, 0.25) is 0 Å². The number of rotatable bonds is 5. The summed E-state index contributed by atoms with van der Waals surface area (Å²) >= 11 is 1.62. The van der Waals surface area contributed by atoms with Crippen LogP contribution in [0.25, 0.3) is 0 Å². The van der Waals surface area contributed by atoms with E-state index in [1.807, 2.05) is 23.8 Å². The molecule has 0 radical (unpaired) electrons. The minimum Gasteiger partial charge on any atom is -0.480 e. The van der Waals surface area contributed by atoms with Gasteiger partial charge in [-0.25, -0.2) is 9.59 Å². The molecule has 1 atom stereocenters. The summed E-state index contributed by atoms with van der Waals surface area (Å²) in [6.45, 7) is 1.92. The Labute approximate surface area is 122 Å². The zero-order valence-corrected chi connectivity index (χ0v) is 12.3. The Bertz CT molecular complexity index is 467. The number of hydrogen-bond donors (Lipinski definition) is 3. The molecule has 1 saturated carbocycles. The number of carboxylic acid groups (broad SMARTS) is 1. The van der Waals surface area contributed by atoms with Crippen LogP contribution in [-0.4, -0.2) is 28.7 Å². The van der Waals surface area contributed by atoms with E-state index in [2.05, 4.69) is 10.6 Å². The molecule has 20 heavy (non-hydrogen) atoms. The Balaban J connectivity index is 1.86. The average Bonchev–Trinajstić information content (AvgIpc) is 3.00. The molecular formula is C14H20N2O3S. The molecule has 0 spiro atoms. The van der Waals surface area contributed by atoms with Crippen molar-refractivity contribution in [1.82, 2.24) is 10.6 Å². The molecule has 5 nitrogen and oxygen atoms in total. The van der Waals surface area contributed by atoms with Crippen LogP contribution in [0.1, 0.15) is 38.2 Å². The second-order valence-electron chi connectivity index (χ2n) is 5.43. The maximum atomic E-state index is 12.0. The van der Waals surface area contributed by atoms with Crippen LogP contribution in [-0.2, 0) is 11.2 Å². The Kier molecular flexibility index (Phi) is 4.65. The van der Waals surface area contributed by atoms with Crippen LogP contribution in [0.5, 0.6) is 0 Å². The highest BCUT2D eigenvalue weighted by atomic mass is 32.1. The van der Waals surface area contributed by atoms with Crippen LogP contribution in [0.15, 0.2) is 16.8 Å². The van der Waals surface area contributed by atoms with Gasteiger partial charge in [-0.15, -0.1) is 0 Å². The molecule has 6 heteroatoms. The van der Waals surface area contributed by atoms with Crippen molar-refractivity contribution < 1.29 is 14.7 Å².